The topological polar surface area (TPSA) is 60.6 Å². The Morgan fingerprint density at radius 1 is 1.00 bits per heavy atom. The van der Waals surface area contributed by atoms with E-state index in [1.165, 1.54) is 30.5 Å². The van der Waals surface area contributed by atoms with E-state index >= 15 is 0 Å². The molecule has 2 N–H and O–H groups in total. The van der Waals surface area contributed by atoms with E-state index < -0.39 is 0 Å². The van der Waals surface area contributed by atoms with Gasteiger partial charge in [-0.1, -0.05) is 30.9 Å². The highest BCUT2D eigenvalue weighted by atomic mass is 19.1. The summed E-state index contributed by atoms with van der Waals surface area (Å²) < 4.78 is 13.5. The van der Waals surface area contributed by atoms with Crippen molar-refractivity contribution in [2.45, 2.75) is 19.8 Å². The molecule has 0 spiro atoms. The molecule has 2 aromatic carbocycles. The number of benzene rings is 2. The van der Waals surface area contributed by atoms with Crippen LogP contribution in [-0.4, -0.2) is 44.7 Å². The third-order valence-corrected chi connectivity index (χ3v) is 7.34. The lowest BCUT2D eigenvalue weighted by Crippen LogP contribution is -2.21. The lowest BCUT2D eigenvalue weighted by Gasteiger charge is -2.15. The van der Waals surface area contributed by atoms with Gasteiger partial charge in [-0.2, -0.15) is 5.10 Å². The van der Waals surface area contributed by atoms with Crippen LogP contribution in [0.1, 0.15) is 25.3 Å². The van der Waals surface area contributed by atoms with Crippen LogP contribution in [0.4, 0.5) is 4.39 Å². The van der Waals surface area contributed by atoms with Gasteiger partial charge in [0.2, 0.25) is 0 Å². The molecule has 1 saturated heterocycles. The summed E-state index contributed by atoms with van der Waals surface area (Å²) in [7, 11) is 0. The Kier molecular flexibility index (Phi) is 6.48. The van der Waals surface area contributed by atoms with Gasteiger partial charge in [-0.05, 0) is 98.1 Å². The minimum atomic E-state index is -0.263. The number of aromatic amines is 2. The SMILES string of the molecule is C=C/C(=C\C(=C/C)c1ccc2[nH]nc(-c3cc4c(-c5ccc(F)cc5)nccc4[nH]3)c2c1)CN1CCCC1. The van der Waals surface area contributed by atoms with Crippen LogP contribution in [0.25, 0.3) is 50.0 Å². The van der Waals surface area contributed by atoms with E-state index in [1.54, 1.807) is 18.3 Å². The molecule has 0 saturated carbocycles. The van der Waals surface area contributed by atoms with E-state index in [4.69, 9.17) is 0 Å². The number of pyridine rings is 1. The monoisotopic (exact) mass is 503 g/mol. The highest BCUT2D eigenvalue weighted by Crippen LogP contribution is 2.34. The van der Waals surface area contributed by atoms with Gasteiger partial charge in [0.15, 0.2) is 0 Å². The normalized spacial score (nSPS) is 15.1. The molecule has 0 amide bonds. The van der Waals surface area contributed by atoms with Gasteiger partial charge in [0.05, 0.1) is 16.9 Å². The number of H-pyrrole nitrogens is 2. The van der Waals surface area contributed by atoms with E-state index in [-0.39, 0.29) is 5.82 Å². The van der Waals surface area contributed by atoms with Crippen LogP contribution in [-0.2, 0) is 0 Å². The zero-order chi connectivity index (χ0) is 26.1. The number of nitrogens with one attached hydrogen (secondary N) is 2. The lowest BCUT2D eigenvalue weighted by atomic mass is 9.99. The van der Waals surface area contributed by atoms with Crippen molar-refractivity contribution in [3.05, 3.63) is 103 Å². The average molecular weight is 504 g/mol. The molecule has 0 unspecified atom stereocenters. The molecule has 0 atom stereocenters. The Morgan fingerprint density at radius 3 is 2.55 bits per heavy atom. The van der Waals surface area contributed by atoms with Crippen LogP contribution in [0.5, 0.6) is 0 Å². The second kappa shape index (κ2) is 10.2. The summed E-state index contributed by atoms with van der Waals surface area (Å²) in [5, 5.41) is 9.85. The number of allylic oxidation sites excluding steroid dienone is 3. The maximum Gasteiger partial charge on any atom is 0.123 e. The molecule has 4 heterocycles. The van der Waals surface area contributed by atoms with Crippen LogP contribution >= 0.6 is 0 Å². The fourth-order valence-electron chi connectivity index (χ4n) is 5.32. The Labute approximate surface area is 221 Å². The summed E-state index contributed by atoms with van der Waals surface area (Å²) in [6.45, 7) is 9.39. The Balaban J connectivity index is 1.38. The molecule has 6 rings (SSSR count). The van der Waals surface area contributed by atoms with Crippen molar-refractivity contribution in [2.24, 2.45) is 0 Å². The van der Waals surface area contributed by atoms with Crippen LogP contribution in [0.15, 0.2) is 91.2 Å². The van der Waals surface area contributed by atoms with Gasteiger partial charge in [-0.15, -0.1) is 0 Å². The first-order valence-corrected chi connectivity index (χ1v) is 13.1. The van der Waals surface area contributed by atoms with Gasteiger partial charge in [0.1, 0.15) is 11.5 Å². The molecular formula is C32H30FN5. The lowest BCUT2D eigenvalue weighted by molar-refractivity contribution is 0.371. The number of aromatic nitrogens is 4. The van der Waals surface area contributed by atoms with Crippen LogP contribution in [0.3, 0.4) is 0 Å². The number of nitrogens with zero attached hydrogens (tertiary/aromatic N) is 3. The Morgan fingerprint density at radius 2 is 1.79 bits per heavy atom. The molecule has 0 aliphatic carbocycles. The van der Waals surface area contributed by atoms with E-state index in [0.29, 0.717) is 0 Å². The van der Waals surface area contributed by atoms with Gasteiger partial charge in [0, 0.05) is 34.6 Å². The van der Waals surface area contributed by atoms with Crippen LogP contribution < -0.4 is 0 Å². The van der Waals surface area contributed by atoms with Gasteiger partial charge in [-0.25, -0.2) is 4.39 Å². The summed E-state index contributed by atoms with van der Waals surface area (Å²) in [6.07, 6.45) is 10.7. The third kappa shape index (κ3) is 4.59. The molecule has 38 heavy (non-hydrogen) atoms. The molecular weight excluding hydrogens is 473 g/mol. The van der Waals surface area contributed by atoms with Crippen molar-refractivity contribution in [3.8, 4) is 22.6 Å². The summed E-state index contributed by atoms with van der Waals surface area (Å²) in [6, 6.07) is 16.9. The number of hydrogen-bond acceptors (Lipinski definition) is 3. The maximum atomic E-state index is 13.5. The van der Waals surface area contributed by atoms with Crippen molar-refractivity contribution in [1.82, 2.24) is 25.1 Å². The summed E-state index contributed by atoms with van der Waals surface area (Å²) >= 11 is 0. The van der Waals surface area contributed by atoms with Crippen molar-refractivity contribution >= 4 is 27.4 Å². The smallest absolute Gasteiger partial charge is 0.123 e. The number of hydrogen-bond donors (Lipinski definition) is 2. The molecule has 1 aliphatic rings. The number of fused-ring (bicyclic) bond motifs is 2. The van der Waals surface area contributed by atoms with Crippen LogP contribution in [0, 0.1) is 5.82 Å². The Hall–Kier alpha value is -4.29. The molecule has 5 aromatic rings. The third-order valence-electron chi connectivity index (χ3n) is 7.34. The Bertz CT molecular complexity index is 1680. The predicted octanol–water partition coefficient (Wildman–Crippen LogP) is 7.52. The van der Waals surface area contributed by atoms with E-state index in [9.17, 15) is 4.39 Å². The number of halogens is 1. The standard InChI is InChI=1S/C32H30FN5/c1-3-21(20-38-15-5-6-16-38)17-22(4-2)24-9-12-29-26(18-24)32(37-36-29)30-19-27-28(35-30)13-14-34-31(27)23-7-10-25(33)11-8-23/h3-4,7-14,17-19,35H,1,5-6,15-16,20H2,2H3,(H,36,37)/b21-17+,22-4+. The molecule has 0 radical (unpaired) electrons. The molecule has 1 aliphatic heterocycles. The van der Waals surface area contributed by atoms with Gasteiger partial charge >= 0.3 is 0 Å². The largest absolute Gasteiger partial charge is 0.353 e. The fraction of sp³-hybridized carbons (Fsp3) is 0.188. The predicted molar refractivity (Wildman–Crippen MR) is 154 cm³/mol. The summed E-state index contributed by atoms with van der Waals surface area (Å²) in [5.74, 6) is -0.263. The molecule has 6 heteroatoms. The van der Waals surface area contributed by atoms with Gasteiger partial charge < -0.3 is 4.98 Å². The average Bonchev–Trinajstić information content (AvgIpc) is 3.70. The number of rotatable bonds is 7. The zero-order valence-corrected chi connectivity index (χ0v) is 21.5. The van der Waals surface area contributed by atoms with Crippen molar-refractivity contribution < 1.29 is 4.39 Å². The first-order chi connectivity index (χ1) is 18.6. The van der Waals surface area contributed by atoms with Crippen molar-refractivity contribution in [2.75, 3.05) is 19.6 Å². The van der Waals surface area contributed by atoms with Crippen molar-refractivity contribution in [3.63, 3.8) is 0 Å². The zero-order valence-electron chi connectivity index (χ0n) is 21.5. The number of likely N-dealkylation sites (tertiary alicyclic amines) is 1. The second-order valence-electron chi connectivity index (χ2n) is 9.79. The van der Waals surface area contributed by atoms with Crippen molar-refractivity contribution in [1.29, 1.82) is 0 Å². The quantitative estimate of drug-likeness (QED) is 0.226. The first kappa shape index (κ1) is 24.1. The summed E-state index contributed by atoms with van der Waals surface area (Å²) in [5.41, 5.74) is 8.87. The minimum Gasteiger partial charge on any atom is -0.353 e. The molecule has 5 nitrogen and oxygen atoms in total. The van der Waals surface area contributed by atoms with E-state index in [0.717, 1.165) is 75.2 Å². The van der Waals surface area contributed by atoms with E-state index in [1.807, 2.05) is 12.1 Å². The summed E-state index contributed by atoms with van der Waals surface area (Å²) in [4.78, 5) is 10.6. The maximum absolute atomic E-state index is 13.5. The molecule has 1 fully saturated rings. The van der Waals surface area contributed by atoms with Gasteiger partial charge in [-0.3, -0.25) is 15.0 Å². The second-order valence-corrected chi connectivity index (χ2v) is 9.79. The van der Waals surface area contributed by atoms with E-state index in [2.05, 4.69) is 75.0 Å². The highest BCUT2D eigenvalue weighted by Gasteiger charge is 2.16. The molecule has 190 valence electrons. The van der Waals surface area contributed by atoms with Crippen LogP contribution in [0.2, 0.25) is 0 Å². The molecule has 0 bridgehead atoms. The first-order valence-electron chi connectivity index (χ1n) is 13.1. The fourth-order valence-corrected chi connectivity index (χ4v) is 5.32. The van der Waals surface area contributed by atoms with Gasteiger partial charge in [0.25, 0.3) is 0 Å². The minimum absolute atomic E-state index is 0.263. The molecule has 3 aromatic heterocycles. The highest BCUT2D eigenvalue weighted by molar-refractivity contribution is 6.00.